The summed E-state index contributed by atoms with van der Waals surface area (Å²) in [4.78, 5) is 32.8. The number of hydrogen-bond acceptors (Lipinski definition) is 7. The molecule has 166 valence electrons. The minimum absolute atomic E-state index is 0.157. The number of carbonyl (C=O) groups excluding carboxylic acids is 1. The van der Waals surface area contributed by atoms with Crippen molar-refractivity contribution in [2.75, 3.05) is 31.6 Å². The number of ether oxygens (including phenoxy) is 1. The number of nitrogens with one attached hydrogen (secondary N) is 1. The molecule has 3 rings (SSSR count). The van der Waals surface area contributed by atoms with Crippen LogP contribution < -0.4 is 10.9 Å². The number of nitrogens with zero attached hydrogens (tertiary/aromatic N) is 3. The number of carbonyl (C=O) groups is 1. The van der Waals surface area contributed by atoms with Gasteiger partial charge in [-0.3, -0.25) is 18.9 Å². The molecule has 1 N–H and O–H groups in total. The highest BCUT2D eigenvalue weighted by Crippen LogP contribution is 2.33. The highest BCUT2D eigenvalue weighted by molar-refractivity contribution is 8.26. The summed E-state index contributed by atoms with van der Waals surface area (Å²) >= 11 is 6.65. The van der Waals surface area contributed by atoms with Crippen LogP contribution in [0, 0.1) is 5.92 Å². The van der Waals surface area contributed by atoms with Gasteiger partial charge in [-0.25, -0.2) is 4.98 Å². The Morgan fingerprint density at radius 2 is 2.13 bits per heavy atom. The van der Waals surface area contributed by atoms with Crippen LogP contribution >= 0.6 is 24.0 Å². The van der Waals surface area contributed by atoms with E-state index in [2.05, 4.69) is 24.1 Å². The molecular formula is C22H28N4O3S2. The van der Waals surface area contributed by atoms with Crippen LogP contribution in [0.2, 0.25) is 0 Å². The zero-order chi connectivity index (χ0) is 22.4. The van der Waals surface area contributed by atoms with Crippen molar-refractivity contribution < 1.29 is 9.53 Å². The van der Waals surface area contributed by atoms with Crippen LogP contribution in [0.5, 0.6) is 0 Å². The summed E-state index contributed by atoms with van der Waals surface area (Å²) in [6.45, 7) is 8.65. The Balaban J connectivity index is 1.93. The Morgan fingerprint density at radius 3 is 2.87 bits per heavy atom. The van der Waals surface area contributed by atoms with E-state index in [1.54, 1.807) is 29.3 Å². The lowest BCUT2D eigenvalue weighted by Gasteiger charge is -2.15. The van der Waals surface area contributed by atoms with Crippen molar-refractivity contribution in [3.05, 3.63) is 45.2 Å². The van der Waals surface area contributed by atoms with Gasteiger partial charge in [0.05, 0.1) is 10.5 Å². The number of amides is 1. The smallest absolute Gasteiger partial charge is 0.267 e. The van der Waals surface area contributed by atoms with Crippen LogP contribution in [-0.2, 0) is 9.53 Å². The van der Waals surface area contributed by atoms with Crippen LogP contribution in [0.15, 0.2) is 34.1 Å². The fraction of sp³-hybridized carbons (Fsp3) is 0.455. The van der Waals surface area contributed by atoms with E-state index in [1.807, 2.05) is 13.0 Å². The minimum atomic E-state index is -0.231. The van der Waals surface area contributed by atoms with E-state index in [-0.39, 0.29) is 11.5 Å². The number of thiocarbonyl (C=S) groups is 1. The Bertz CT molecular complexity index is 1050. The van der Waals surface area contributed by atoms with Crippen molar-refractivity contribution in [2.45, 2.75) is 33.6 Å². The number of aromatic nitrogens is 2. The molecule has 1 amide bonds. The number of anilines is 1. The fourth-order valence-corrected chi connectivity index (χ4v) is 4.39. The molecule has 0 aromatic carbocycles. The maximum absolute atomic E-state index is 13.2. The molecule has 2 aromatic heterocycles. The molecule has 1 aliphatic rings. The summed E-state index contributed by atoms with van der Waals surface area (Å²) in [6, 6.07) is 5.39. The van der Waals surface area contributed by atoms with E-state index in [1.165, 1.54) is 16.2 Å². The Labute approximate surface area is 191 Å². The van der Waals surface area contributed by atoms with Crippen LogP contribution in [-0.4, -0.2) is 50.8 Å². The first kappa shape index (κ1) is 23.4. The second-order valence-corrected chi connectivity index (χ2v) is 9.28. The second-order valence-electron chi connectivity index (χ2n) is 7.60. The van der Waals surface area contributed by atoms with Gasteiger partial charge in [0.2, 0.25) is 0 Å². The van der Waals surface area contributed by atoms with Gasteiger partial charge in [-0.05, 0) is 43.9 Å². The summed E-state index contributed by atoms with van der Waals surface area (Å²) in [5, 5.41) is 3.24. The highest BCUT2D eigenvalue weighted by atomic mass is 32.2. The molecule has 1 aliphatic heterocycles. The maximum atomic E-state index is 13.2. The molecule has 2 aromatic rings. The van der Waals surface area contributed by atoms with Crippen molar-refractivity contribution >= 4 is 51.7 Å². The van der Waals surface area contributed by atoms with Gasteiger partial charge in [-0.2, -0.15) is 0 Å². The van der Waals surface area contributed by atoms with Gasteiger partial charge in [0.25, 0.3) is 11.5 Å². The van der Waals surface area contributed by atoms with E-state index in [4.69, 9.17) is 17.0 Å². The van der Waals surface area contributed by atoms with Gasteiger partial charge in [-0.1, -0.05) is 43.9 Å². The van der Waals surface area contributed by atoms with Crippen molar-refractivity contribution in [1.29, 1.82) is 0 Å². The zero-order valence-electron chi connectivity index (χ0n) is 18.1. The van der Waals surface area contributed by atoms with E-state index in [9.17, 15) is 9.59 Å². The van der Waals surface area contributed by atoms with Crippen LogP contribution in [0.1, 0.15) is 39.2 Å². The second kappa shape index (κ2) is 10.9. The lowest BCUT2D eigenvalue weighted by molar-refractivity contribution is -0.122. The molecule has 0 radical (unpaired) electrons. The lowest BCUT2D eigenvalue weighted by Crippen LogP contribution is -2.29. The molecule has 0 bridgehead atoms. The SMILES string of the molecule is CCOCCCNc1nc2ccccn2c(=O)c1/C=C1/SC(=S)N(CCC(C)C)C1=O. The number of pyridine rings is 1. The summed E-state index contributed by atoms with van der Waals surface area (Å²) < 4.78 is 7.38. The Kier molecular flexibility index (Phi) is 8.22. The van der Waals surface area contributed by atoms with Crippen molar-refractivity contribution in [1.82, 2.24) is 14.3 Å². The van der Waals surface area contributed by atoms with Gasteiger partial charge in [0.1, 0.15) is 15.8 Å². The summed E-state index contributed by atoms with van der Waals surface area (Å²) in [5.41, 5.74) is 0.663. The summed E-state index contributed by atoms with van der Waals surface area (Å²) in [7, 11) is 0. The number of hydrogen-bond donors (Lipinski definition) is 1. The topological polar surface area (TPSA) is 75.9 Å². The molecule has 0 unspecified atom stereocenters. The first-order valence-electron chi connectivity index (χ1n) is 10.5. The minimum Gasteiger partial charge on any atom is -0.382 e. The standard InChI is InChI=1S/C22H28N4O3S2/c1-4-29-13-7-10-23-19-16(20(27)25-11-6-5-8-18(25)24-19)14-17-21(28)26(22(30)31-17)12-9-15(2)3/h5-6,8,11,14-15,23H,4,7,9-10,12-13H2,1-3H3/b17-14+. The van der Waals surface area contributed by atoms with Gasteiger partial charge >= 0.3 is 0 Å². The van der Waals surface area contributed by atoms with Gasteiger partial charge in [0, 0.05) is 32.5 Å². The van der Waals surface area contributed by atoms with Crippen LogP contribution in [0.3, 0.4) is 0 Å². The summed E-state index contributed by atoms with van der Waals surface area (Å²) in [5.74, 6) is 0.770. The largest absolute Gasteiger partial charge is 0.382 e. The molecule has 0 atom stereocenters. The predicted molar refractivity (Wildman–Crippen MR) is 130 cm³/mol. The third-order valence-electron chi connectivity index (χ3n) is 4.81. The van der Waals surface area contributed by atoms with E-state index < -0.39 is 0 Å². The third kappa shape index (κ3) is 5.72. The zero-order valence-corrected chi connectivity index (χ0v) is 19.7. The molecular weight excluding hydrogens is 432 g/mol. The van der Waals surface area contributed by atoms with Gasteiger partial charge < -0.3 is 10.1 Å². The molecule has 0 saturated carbocycles. The summed E-state index contributed by atoms with van der Waals surface area (Å²) in [6.07, 6.45) is 4.94. The molecule has 1 saturated heterocycles. The molecule has 1 fully saturated rings. The average Bonchev–Trinajstić information content (AvgIpc) is 3.01. The fourth-order valence-electron chi connectivity index (χ4n) is 3.10. The van der Waals surface area contributed by atoms with E-state index in [0.29, 0.717) is 58.5 Å². The van der Waals surface area contributed by atoms with E-state index in [0.717, 1.165) is 12.8 Å². The average molecular weight is 461 g/mol. The van der Waals surface area contributed by atoms with Gasteiger partial charge in [-0.15, -0.1) is 0 Å². The quantitative estimate of drug-likeness (QED) is 0.328. The molecule has 31 heavy (non-hydrogen) atoms. The lowest BCUT2D eigenvalue weighted by atomic mass is 10.1. The van der Waals surface area contributed by atoms with Crippen LogP contribution in [0.4, 0.5) is 5.82 Å². The first-order valence-corrected chi connectivity index (χ1v) is 11.7. The predicted octanol–water partition coefficient (Wildman–Crippen LogP) is 3.78. The number of rotatable bonds is 10. The monoisotopic (exact) mass is 460 g/mol. The van der Waals surface area contributed by atoms with Gasteiger partial charge in [0.15, 0.2) is 0 Å². The molecule has 7 nitrogen and oxygen atoms in total. The first-order chi connectivity index (χ1) is 14.9. The molecule has 3 heterocycles. The maximum Gasteiger partial charge on any atom is 0.267 e. The molecule has 0 aliphatic carbocycles. The number of thioether (sulfide) groups is 1. The van der Waals surface area contributed by atoms with Crippen LogP contribution in [0.25, 0.3) is 11.7 Å². The number of fused-ring (bicyclic) bond motifs is 1. The molecule has 0 spiro atoms. The van der Waals surface area contributed by atoms with Crippen molar-refractivity contribution in [3.8, 4) is 0 Å². The third-order valence-corrected chi connectivity index (χ3v) is 6.19. The Morgan fingerprint density at radius 1 is 1.32 bits per heavy atom. The normalized spacial score (nSPS) is 15.6. The Hall–Kier alpha value is -2.23. The highest BCUT2D eigenvalue weighted by Gasteiger charge is 2.32. The van der Waals surface area contributed by atoms with Crippen molar-refractivity contribution in [3.63, 3.8) is 0 Å². The van der Waals surface area contributed by atoms with Crippen molar-refractivity contribution in [2.24, 2.45) is 5.92 Å². The van der Waals surface area contributed by atoms with E-state index >= 15 is 0 Å². The molecule has 9 heteroatoms.